The molecule has 2 heterocycles. The average molecular weight is 321 g/mol. The normalized spacial score (nSPS) is 10.8. The minimum absolute atomic E-state index is 0.0180. The first-order valence-corrected chi connectivity index (χ1v) is 7.73. The molecule has 0 bridgehead atoms. The zero-order chi connectivity index (χ0) is 17.1. The quantitative estimate of drug-likeness (QED) is 0.570. The predicted molar refractivity (Wildman–Crippen MR) is 95.4 cm³/mol. The van der Waals surface area contributed by atoms with Gasteiger partial charge in [-0.3, -0.25) is 4.79 Å². The number of benzene rings is 1. The Labute approximate surface area is 139 Å². The van der Waals surface area contributed by atoms with Crippen LogP contribution in [-0.4, -0.2) is 14.8 Å². The molecule has 0 unspecified atom stereocenters. The van der Waals surface area contributed by atoms with E-state index in [9.17, 15) is 4.79 Å². The van der Waals surface area contributed by atoms with Crippen molar-refractivity contribution in [2.24, 2.45) is 5.84 Å². The second-order valence-corrected chi connectivity index (χ2v) is 5.70. The Morgan fingerprint density at radius 1 is 1.04 bits per heavy atom. The molecule has 0 spiro atoms. The van der Waals surface area contributed by atoms with Crippen LogP contribution in [0.1, 0.15) is 19.9 Å². The third-order valence-corrected chi connectivity index (χ3v) is 3.68. The van der Waals surface area contributed by atoms with Crippen molar-refractivity contribution < 1.29 is 0 Å². The topological polar surface area (TPSA) is 85.8 Å². The number of hydrazine groups is 1. The van der Waals surface area contributed by atoms with Crippen LogP contribution < -0.4 is 16.8 Å². The third-order valence-electron chi connectivity index (χ3n) is 3.68. The van der Waals surface area contributed by atoms with Crippen molar-refractivity contribution in [2.75, 3.05) is 5.43 Å². The molecule has 0 aliphatic rings. The number of nitrogen functional groups attached to an aromatic ring is 1. The van der Waals surface area contributed by atoms with E-state index in [1.807, 2.05) is 50.2 Å². The lowest BCUT2D eigenvalue weighted by molar-refractivity contribution is 0.505. The summed E-state index contributed by atoms with van der Waals surface area (Å²) in [7, 11) is 0. The van der Waals surface area contributed by atoms with Gasteiger partial charge in [0.1, 0.15) is 5.82 Å². The first-order valence-electron chi connectivity index (χ1n) is 7.73. The molecule has 0 aliphatic heterocycles. The lowest BCUT2D eigenvalue weighted by atomic mass is 10.0. The number of hydrogen-bond donors (Lipinski definition) is 2. The van der Waals surface area contributed by atoms with E-state index in [0.717, 1.165) is 16.8 Å². The van der Waals surface area contributed by atoms with Gasteiger partial charge in [-0.05, 0) is 32.0 Å². The van der Waals surface area contributed by atoms with Crippen LogP contribution in [0.15, 0.2) is 59.4 Å². The van der Waals surface area contributed by atoms with Crippen LogP contribution in [0.4, 0.5) is 5.82 Å². The molecular formula is C18H19N5O. The second kappa shape index (κ2) is 6.64. The van der Waals surface area contributed by atoms with Crippen molar-refractivity contribution in [3.63, 3.8) is 0 Å². The summed E-state index contributed by atoms with van der Waals surface area (Å²) in [5.41, 5.74) is 5.69. The van der Waals surface area contributed by atoms with Crippen molar-refractivity contribution in [3.8, 4) is 22.5 Å². The van der Waals surface area contributed by atoms with Crippen LogP contribution >= 0.6 is 0 Å². The number of anilines is 1. The third kappa shape index (κ3) is 3.04. The Morgan fingerprint density at radius 2 is 1.79 bits per heavy atom. The highest BCUT2D eigenvalue weighted by Crippen LogP contribution is 2.30. The van der Waals surface area contributed by atoms with Gasteiger partial charge in [0.2, 0.25) is 0 Å². The molecule has 0 atom stereocenters. The van der Waals surface area contributed by atoms with Gasteiger partial charge in [0.15, 0.2) is 0 Å². The van der Waals surface area contributed by atoms with E-state index in [-0.39, 0.29) is 11.6 Å². The number of rotatable bonds is 4. The summed E-state index contributed by atoms with van der Waals surface area (Å²) < 4.78 is 1.47. The Bertz CT molecular complexity index is 903. The fourth-order valence-electron chi connectivity index (χ4n) is 2.50. The molecule has 2 aromatic heterocycles. The van der Waals surface area contributed by atoms with Gasteiger partial charge < -0.3 is 5.43 Å². The van der Waals surface area contributed by atoms with Crippen molar-refractivity contribution in [1.29, 1.82) is 0 Å². The largest absolute Gasteiger partial charge is 0.308 e. The molecule has 122 valence electrons. The number of aromatic nitrogens is 3. The monoisotopic (exact) mass is 321 g/mol. The minimum atomic E-state index is -0.122. The molecule has 6 heteroatoms. The second-order valence-electron chi connectivity index (χ2n) is 5.70. The molecule has 1 aromatic carbocycles. The maximum Gasteiger partial charge on any atom is 0.267 e. The van der Waals surface area contributed by atoms with Crippen molar-refractivity contribution in [1.82, 2.24) is 14.8 Å². The Balaban J connectivity index is 2.22. The van der Waals surface area contributed by atoms with Gasteiger partial charge in [0.05, 0.1) is 17.4 Å². The molecule has 0 aliphatic carbocycles. The van der Waals surface area contributed by atoms with Crippen LogP contribution in [0.25, 0.3) is 22.5 Å². The maximum absolute atomic E-state index is 12.0. The van der Waals surface area contributed by atoms with E-state index in [2.05, 4.69) is 15.5 Å². The van der Waals surface area contributed by atoms with E-state index in [4.69, 9.17) is 5.84 Å². The van der Waals surface area contributed by atoms with Gasteiger partial charge in [-0.15, -0.1) is 0 Å². The number of hydrogen-bond acceptors (Lipinski definition) is 5. The molecule has 0 saturated carbocycles. The number of nitrogens with two attached hydrogens (primary N) is 1. The van der Waals surface area contributed by atoms with Gasteiger partial charge >= 0.3 is 0 Å². The summed E-state index contributed by atoms with van der Waals surface area (Å²) in [5, 5.41) is 4.50. The van der Waals surface area contributed by atoms with Crippen molar-refractivity contribution in [2.45, 2.75) is 19.9 Å². The maximum atomic E-state index is 12.0. The van der Waals surface area contributed by atoms with Crippen LogP contribution in [0.3, 0.4) is 0 Å². The minimum Gasteiger partial charge on any atom is -0.308 e. The number of nitrogens with zero attached hydrogens (tertiary/aromatic N) is 3. The summed E-state index contributed by atoms with van der Waals surface area (Å²) in [6, 6.07) is 16.7. The Hall–Kier alpha value is -2.99. The molecule has 0 radical (unpaired) electrons. The predicted octanol–water partition coefficient (Wildman–Crippen LogP) is 2.84. The zero-order valence-corrected chi connectivity index (χ0v) is 13.6. The van der Waals surface area contributed by atoms with E-state index in [0.29, 0.717) is 11.5 Å². The first-order chi connectivity index (χ1) is 11.6. The highest BCUT2D eigenvalue weighted by Gasteiger charge is 2.13. The van der Waals surface area contributed by atoms with Gasteiger partial charge in [-0.25, -0.2) is 15.5 Å². The standard InChI is InChI=1S/C18H19N5O/c1-12(2)23-17(24)11-9-15(22-23)14-8-10-16(21-19)20-18(14)13-6-4-3-5-7-13/h3-12H,19H2,1-2H3,(H,20,21). The smallest absolute Gasteiger partial charge is 0.267 e. The number of nitrogens with one attached hydrogen (secondary N) is 1. The first kappa shape index (κ1) is 15.9. The average Bonchev–Trinajstić information content (AvgIpc) is 2.62. The zero-order valence-electron chi connectivity index (χ0n) is 13.6. The molecule has 3 rings (SSSR count). The number of pyridine rings is 1. The summed E-state index contributed by atoms with van der Waals surface area (Å²) in [5.74, 6) is 6.06. The van der Waals surface area contributed by atoms with E-state index in [1.165, 1.54) is 10.7 Å². The molecular weight excluding hydrogens is 302 g/mol. The van der Waals surface area contributed by atoms with E-state index >= 15 is 0 Å². The van der Waals surface area contributed by atoms with Crippen molar-refractivity contribution in [3.05, 3.63) is 65.0 Å². The highest BCUT2D eigenvalue weighted by molar-refractivity contribution is 5.80. The van der Waals surface area contributed by atoms with Gasteiger partial charge in [0, 0.05) is 17.2 Å². The summed E-state index contributed by atoms with van der Waals surface area (Å²) in [6.45, 7) is 3.85. The summed E-state index contributed by atoms with van der Waals surface area (Å²) in [6.07, 6.45) is 0. The van der Waals surface area contributed by atoms with E-state index < -0.39 is 0 Å². The van der Waals surface area contributed by atoms with E-state index in [1.54, 1.807) is 12.1 Å². The fraction of sp³-hybridized carbons (Fsp3) is 0.167. The molecule has 3 N–H and O–H groups in total. The molecule has 0 amide bonds. The highest BCUT2D eigenvalue weighted by atomic mass is 16.1. The molecule has 0 fully saturated rings. The van der Waals surface area contributed by atoms with Crippen LogP contribution in [0, 0.1) is 0 Å². The lowest BCUT2D eigenvalue weighted by Gasteiger charge is -2.13. The SMILES string of the molecule is CC(C)n1nc(-c2ccc(NN)nc2-c2ccccc2)ccc1=O. The molecule has 24 heavy (non-hydrogen) atoms. The van der Waals surface area contributed by atoms with Gasteiger partial charge in [0.25, 0.3) is 5.56 Å². The van der Waals surface area contributed by atoms with Crippen LogP contribution in [-0.2, 0) is 0 Å². The van der Waals surface area contributed by atoms with Crippen molar-refractivity contribution >= 4 is 5.82 Å². The summed E-state index contributed by atoms with van der Waals surface area (Å²) in [4.78, 5) is 16.5. The Kier molecular flexibility index (Phi) is 4.39. The summed E-state index contributed by atoms with van der Waals surface area (Å²) >= 11 is 0. The van der Waals surface area contributed by atoms with Crippen LogP contribution in [0.5, 0.6) is 0 Å². The lowest BCUT2D eigenvalue weighted by Crippen LogP contribution is -2.24. The Morgan fingerprint density at radius 3 is 2.46 bits per heavy atom. The van der Waals surface area contributed by atoms with Gasteiger partial charge in [-0.1, -0.05) is 30.3 Å². The molecule has 3 aromatic rings. The van der Waals surface area contributed by atoms with Crippen LogP contribution in [0.2, 0.25) is 0 Å². The molecule has 6 nitrogen and oxygen atoms in total. The van der Waals surface area contributed by atoms with Gasteiger partial charge in [-0.2, -0.15) is 5.10 Å². The molecule has 0 saturated heterocycles. The fourth-order valence-corrected chi connectivity index (χ4v) is 2.50.